The molecule has 158 valence electrons. The Labute approximate surface area is 172 Å². The molecule has 0 atom stereocenters. The SMILES string of the molecule is FC(F)(F)C1=CC(Cl)=C(C2=CC=C(c3nc4ccc(C(F)(F)F)cc4[nH]3)CC2)CC1. The number of hydrogen-bond acceptors (Lipinski definition) is 1. The van der Waals surface area contributed by atoms with E-state index >= 15 is 0 Å². The molecule has 0 radical (unpaired) electrons. The first-order chi connectivity index (χ1) is 14.0. The number of halogens is 7. The number of hydrogen-bond donors (Lipinski definition) is 1. The summed E-state index contributed by atoms with van der Waals surface area (Å²) in [5, 5.41) is 0.0973. The Bertz CT molecular complexity index is 1130. The van der Waals surface area contributed by atoms with Crippen molar-refractivity contribution in [2.45, 2.75) is 38.0 Å². The van der Waals surface area contributed by atoms with E-state index in [0.29, 0.717) is 35.3 Å². The van der Waals surface area contributed by atoms with E-state index in [1.807, 2.05) is 0 Å². The summed E-state index contributed by atoms with van der Waals surface area (Å²) < 4.78 is 77.2. The van der Waals surface area contributed by atoms with Crippen molar-refractivity contribution in [3.05, 3.63) is 69.6 Å². The Morgan fingerprint density at radius 1 is 0.867 bits per heavy atom. The lowest BCUT2D eigenvalue weighted by atomic mass is 9.87. The van der Waals surface area contributed by atoms with E-state index < -0.39 is 23.5 Å². The highest BCUT2D eigenvalue weighted by molar-refractivity contribution is 6.32. The van der Waals surface area contributed by atoms with Gasteiger partial charge in [-0.2, -0.15) is 26.3 Å². The topological polar surface area (TPSA) is 28.7 Å². The van der Waals surface area contributed by atoms with Crippen LogP contribution in [-0.2, 0) is 6.18 Å². The van der Waals surface area contributed by atoms with E-state index in [0.717, 1.165) is 29.4 Å². The molecule has 1 aromatic heterocycles. The van der Waals surface area contributed by atoms with Crippen LogP contribution in [0.2, 0.25) is 0 Å². The zero-order valence-electron chi connectivity index (χ0n) is 15.4. The maximum absolute atomic E-state index is 12.9. The summed E-state index contributed by atoms with van der Waals surface area (Å²) in [6, 6.07) is 3.33. The zero-order chi connectivity index (χ0) is 21.7. The Morgan fingerprint density at radius 3 is 2.17 bits per heavy atom. The Morgan fingerprint density at radius 2 is 1.57 bits per heavy atom. The van der Waals surface area contributed by atoms with Gasteiger partial charge in [0.1, 0.15) is 5.82 Å². The molecule has 30 heavy (non-hydrogen) atoms. The smallest absolute Gasteiger partial charge is 0.338 e. The van der Waals surface area contributed by atoms with Gasteiger partial charge in [-0.15, -0.1) is 0 Å². The number of fused-ring (bicyclic) bond motifs is 1. The molecule has 2 nitrogen and oxygen atoms in total. The molecule has 2 aliphatic rings. The number of H-pyrrole nitrogens is 1. The Balaban J connectivity index is 1.61. The summed E-state index contributed by atoms with van der Waals surface area (Å²) >= 11 is 6.11. The van der Waals surface area contributed by atoms with Crippen LogP contribution < -0.4 is 0 Å². The number of nitrogens with one attached hydrogen (secondary N) is 1. The molecule has 1 N–H and O–H groups in total. The first kappa shape index (κ1) is 20.8. The molecule has 1 aromatic carbocycles. The van der Waals surface area contributed by atoms with Gasteiger partial charge in [0.25, 0.3) is 0 Å². The molecule has 4 rings (SSSR count). The molecule has 0 fully saturated rings. The molecule has 0 bridgehead atoms. The normalized spacial score (nSPS) is 18.4. The first-order valence-electron chi connectivity index (χ1n) is 9.16. The number of aromatic amines is 1. The second-order valence-corrected chi connectivity index (χ2v) is 7.60. The van der Waals surface area contributed by atoms with Gasteiger partial charge in [-0.25, -0.2) is 4.98 Å². The lowest BCUT2D eigenvalue weighted by molar-refractivity contribution is -0.137. The van der Waals surface area contributed by atoms with E-state index in [2.05, 4.69) is 9.97 Å². The summed E-state index contributed by atoms with van der Waals surface area (Å²) in [5.41, 5.74) is 1.69. The fraction of sp³-hybridized carbons (Fsp3) is 0.286. The summed E-state index contributed by atoms with van der Waals surface area (Å²) in [5.74, 6) is 0.475. The van der Waals surface area contributed by atoms with Crippen LogP contribution in [0.3, 0.4) is 0 Å². The Kier molecular flexibility index (Phi) is 5.08. The molecule has 0 unspecified atom stereocenters. The quantitative estimate of drug-likeness (QED) is 0.478. The van der Waals surface area contributed by atoms with Gasteiger partial charge < -0.3 is 4.98 Å². The standard InChI is InChI=1S/C21H15ClF6N2/c22-16-9-13(20(23,24)25)5-7-15(16)11-1-3-12(4-2-11)19-29-17-8-6-14(21(26,27)28)10-18(17)30-19/h1,3,6,8-10H,2,4-5,7H2,(H,29,30). The lowest BCUT2D eigenvalue weighted by Crippen LogP contribution is -2.15. The number of benzene rings is 1. The van der Waals surface area contributed by atoms with Gasteiger partial charge in [-0.1, -0.05) is 23.8 Å². The zero-order valence-corrected chi connectivity index (χ0v) is 16.1. The highest BCUT2D eigenvalue weighted by atomic mass is 35.5. The van der Waals surface area contributed by atoms with Crippen molar-refractivity contribution in [3.8, 4) is 0 Å². The van der Waals surface area contributed by atoms with Crippen molar-refractivity contribution >= 4 is 28.2 Å². The molecule has 0 spiro atoms. The predicted octanol–water partition coefficient (Wildman–Crippen LogP) is 7.46. The van der Waals surface area contributed by atoms with Crippen molar-refractivity contribution in [1.82, 2.24) is 9.97 Å². The van der Waals surface area contributed by atoms with Gasteiger partial charge in [0.15, 0.2) is 0 Å². The van der Waals surface area contributed by atoms with E-state index in [1.165, 1.54) is 6.07 Å². The van der Waals surface area contributed by atoms with Crippen LogP contribution in [0, 0.1) is 0 Å². The molecule has 1 heterocycles. The largest absolute Gasteiger partial charge is 0.416 e. The average Bonchev–Trinajstić information content (AvgIpc) is 3.10. The van der Waals surface area contributed by atoms with Gasteiger partial charge in [-0.05, 0) is 66.7 Å². The maximum atomic E-state index is 12.9. The van der Waals surface area contributed by atoms with E-state index in [4.69, 9.17) is 11.6 Å². The van der Waals surface area contributed by atoms with Crippen LogP contribution in [0.25, 0.3) is 16.6 Å². The molecular weight excluding hydrogens is 430 g/mol. The van der Waals surface area contributed by atoms with Crippen LogP contribution in [-0.4, -0.2) is 16.1 Å². The number of alkyl halides is 6. The monoisotopic (exact) mass is 444 g/mol. The second kappa shape index (κ2) is 7.34. The number of nitrogens with zero attached hydrogens (tertiary/aromatic N) is 1. The summed E-state index contributed by atoms with van der Waals surface area (Å²) in [6.45, 7) is 0. The molecule has 0 saturated carbocycles. The van der Waals surface area contributed by atoms with Gasteiger partial charge >= 0.3 is 12.4 Å². The minimum atomic E-state index is -4.44. The van der Waals surface area contributed by atoms with Crippen molar-refractivity contribution in [2.24, 2.45) is 0 Å². The highest BCUT2D eigenvalue weighted by Crippen LogP contribution is 2.41. The van der Waals surface area contributed by atoms with Crippen LogP contribution in [0.4, 0.5) is 26.3 Å². The summed E-state index contributed by atoms with van der Waals surface area (Å²) in [4.78, 5) is 7.28. The predicted molar refractivity (Wildman–Crippen MR) is 103 cm³/mol. The third kappa shape index (κ3) is 4.05. The minimum absolute atomic E-state index is 0.0973. The summed E-state index contributed by atoms with van der Waals surface area (Å²) in [7, 11) is 0. The van der Waals surface area contributed by atoms with Gasteiger partial charge in [0, 0.05) is 10.6 Å². The maximum Gasteiger partial charge on any atom is 0.416 e. The molecule has 0 saturated heterocycles. The number of imidazole rings is 1. The lowest BCUT2D eigenvalue weighted by Gasteiger charge is -2.22. The number of aromatic nitrogens is 2. The Hall–Kier alpha value is -2.48. The number of rotatable bonds is 2. The van der Waals surface area contributed by atoms with Crippen LogP contribution in [0.5, 0.6) is 0 Å². The molecule has 2 aromatic rings. The third-order valence-electron chi connectivity index (χ3n) is 5.25. The van der Waals surface area contributed by atoms with Crippen molar-refractivity contribution < 1.29 is 26.3 Å². The van der Waals surface area contributed by atoms with Gasteiger partial charge in [-0.3, -0.25) is 0 Å². The molecule has 2 aliphatic carbocycles. The minimum Gasteiger partial charge on any atom is -0.338 e. The third-order valence-corrected chi connectivity index (χ3v) is 5.59. The number of allylic oxidation sites excluding steroid dienone is 8. The molecule has 9 heteroatoms. The van der Waals surface area contributed by atoms with E-state index in [9.17, 15) is 26.3 Å². The highest BCUT2D eigenvalue weighted by Gasteiger charge is 2.35. The van der Waals surface area contributed by atoms with E-state index in [-0.39, 0.29) is 17.9 Å². The van der Waals surface area contributed by atoms with E-state index in [1.54, 1.807) is 12.2 Å². The fourth-order valence-corrected chi connectivity index (χ4v) is 4.00. The van der Waals surface area contributed by atoms with Gasteiger partial charge in [0.05, 0.1) is 16.6 Å². The van der Waals surface area contributed by atoms with Crippen molar-refractivity contribution in [1.29, 1.82) is 0 Å². The van der Waals surface area contributed by atoms with Crippen LogP contribution in [0.15, 0.2) is 58.2 Å². The summed E-state index contributed by atoms with van der Waals surface area (Å²) in [6.07, 6.45) is -3.07. The first-order valence-corrected chi connectivity index (χ1v) is 9.54. The fourth-order valence-electron chi connectivity index (χ4n) is 3.65. The molecule has 0 aliphatic heterocycles. The van der Waals surface area contributed by atoms with Gasteiger partial charge in [0.2, 0.25) is 0 Å². The van der Waals surface area contributed by atoms with Crippen LogP contribution >= 0.6 is 11.6 Å². The van der Waals surface area contributed by atoms with Crippen molar-refractivity contribution in [3.63, 3.8) is 0 Å². The second-order valence-electron chi connectivity index (χ2n) is 7.19. The molecule has 0 amide bonds. The van der Waals surface area contributed by atoms with Crippen molar-refractivity contribution in [2.75, 3.05) is 0 Å². The van der Waals surface area contributed by atoms with Crippen LogP contribution in [0.1, 0.15) is 37.1 Å². The average molecular weight is 445 g/mol. The molecular formula is C21H15ClF6N2.